The molecule has 27 heavy (non-hydrogen) atoms. The first kappa shape index (κ1) is 20.4. The summed E-state index contributed by atoms with van der Waals surface area (Å²) in [6, 6.07) is 11.8. The summed E-state index contributed by atoms with van der Waals surface area (Å²) in [7, 11) is 1.48. The molecule has 2 aromatic rings. The summed E-state index contributed by atoms with van der Waals surface area (Å²) in [6.07, 6.45) is 6.66. The van der Waals surface area contributed by atoms with Gasteiger partial charge in [0.25, 0.3) is 5.91 Å². The molecule has 2 aromatic carbocycles. The molecule has 0 aliphatic carbocycles. The highest BCUT2D eigenvalue weighted by Gasteiger charge is 2.14. The zero-order chi connectivity index (χ0) is 19.8. The molecule has 0 aliphatic heterocycles. The van der Waals surface area contributed by atoms with Crippen LogP contribution in [-0.4, -0.2) is 19.6 Å². The Morgan fingerprint density at radius 2 is 2.07 bits per heavy atom. The van der Waals surface area contributed by atoms with E-state index < -0.39 is 5.91 Å². The third kappa shape index (κ3) is 5.52. The van der Waals surface area contributed by atoms with E-state index in [0.717, 1.165) is 0 Å². The Hall–Kier alpha value is -2.93. The van der Waals surface area contributed by atoms with Crippen molar-refractivity contribution in [2.24, 2.45) is 0 Å². The van der Waals surface area contributed by atoms with Crippen molar-refractivity contribution >= 4 is 45.2 Å². The summed E-state index contributed by atoms with van der Waals surface area (Å²) in [5.41, 5.74) is 1.04. The van der Waals surface area contributed by atoms with E-state index in [2.05, 4.69) is 27.2 Å². The largest absolute Gasteiger partial charge is 0.493 e. The molecule has 0 heterocycles. The minimum atomic E-state index is -0.539. The van der Waals surface area contributed by atoms with E-state index in [9.17, 15) is 10.1 Å². The Morgan fingerprint density at radius 3 is 2.67 bits per heavy atom. The lowest BCUT2D eigenvalue weighted by atomic mass is 10.1. The van der Waals surface area contributed by atoms with Crippen LogP contribution >= 0.6 is 27.5 Å². The summed E-state index contributed by atoms with van der Waals surface area (Å²) < 4.78 is 11.3. The molecule has 0 aliphatic rings. The molecule has 0 unspecified atom stereocenters. The Labute approximate surface area is 170 Å². The van der Waals surface area contributed by atoms with Crippen LogP contribution in [0.5, 0.6) is 11.5 Å². The molecule has 1 N–H and O–H groups in total. The van der Waals surface area contributed by atoms with Gasteiger partial charge in [-0.25, -0.2) is 0 Å². The Balaban J connectivity index is 2.29. The smallest absolute Gasteiger partial charge is 0.266 e. The number of ether oxygens (including phenoxy) is 2. The Kier molecular flexibility index (Phi) is 7.31. The maximum absolute atomic E-state index is 12.4. The zero-order valence-corrected chi connectivity index (χ0v) is 16.6. The monoisotopic (exact) mass is 444 g/mol. The lowest BCUT2D eigenvalue weighted by Gasteiger charge is -2.12. The average molecular weight is 446 g/mol. The van der Waals surface area contributed by atoms with Gasteiger partial charge in [0.2, 0.25) is 0 Å². The second kappa shape index (κ2) is 9.68. The molecular weight excluding hydrogens is 432 g/mol. The standard InChI is InChI=1S/C20H14BrClN2O3/c1-3-8-27-19-17(21)10-13(11-18(19)26-2)9-14(12-23)20(25)24-16-6-4-15(22)5-7-16/h1,4-7,9-11H,8H2,2H3,(H,24,25)/b14-9-. The highest BCUT2D eigenvalue weighted by atomic mass is 79.9. The third-order valence-corrected chi connectivity index (χ3v) is 4.17. The lowest BCUT2D eigenvalue weighted by Crippen LogP contribution is -2.13. The van der Waals surface area contributed by atoms with Crippen molar-refractivity contribution in [1.82, 2.24) is 0 Å². The second-order valence-corrected chi connectivity index (χ2v) is 6.45. The number of benzene rings is 2. The fraction of sp³-hybridized carbons (Fsp3) is 0.100. The van der Waals surface area contributed by atoms with E-state index in [1.165, 1.54) is 13.2 Å². The number of hydrogen-bond donors (Lipinski definition) is 1. The van der Waals surface area contributed by atoms with Crippen molar-refractivity contribution in [2.45, 2.75) is 0 Å². The highest BCUT2D eigenvalue weighted by Crippen LogP contribution is 2.37. The minimum absolute atomic E-state index is 0.0730. The van der Waals surface area contributed by atoms with Crippen molar-refractivity contribution in [3.8, 4) is 29.9 Å². The van der Waals surface area contributed by atoms with E-state index in [1.54, 1.807) is 36.4 Å². The molecule has 7 heteroatoms. The maximum Gasteiger partial charge on any atom is 0.266 e. The molecular formula is C20H14BrClN2O3. The van der Waals surface area contributed by atoms with Gasteiger partial charge in [-0.1, -0.05) is 17.5 Å². The van der Waals surface area contributed by atoms with Crippen LogP contribution in [0.15, 0.2) is 46.4 Å². The summed E-state index contributed by atoms with van der Waals surface area (Å²) in [6.45, 7) is 0.0804. The van der Waals surface area contributed by atoms with Crippen LogP contribution in [0.3, 0.4) is 0 Å². The number of amides is 1. The molecule has 0 fully saturated rings. The molecule has 0 aromatic heterocycles. The van der Waals surface area contributed by atoms with Crippen LogP contribution in [0.2, 0.25) is 5.02 Å². The summed E-state index contributed by atoms with van der Waals surface area (Å²) in [5, 5.41) is 12.6. The fourth-order valence-corrected chi connectivity index (χ4v) is 2.82. The molecule has 1 amide bonds. The van der Waals surface area contributed by atoms with Crippen LogP contribution in [0.25, 0.3) is 6.08 Å². The van der Waals surface area contributed by atoms with Gasteiger partial charge in [0.05, 0.1) is 11.6 Å². The minimum Gasteiger partial charge on any atom is -0.493 e. The van der Waals surface area contributed by atoms with Crippen LogP contribution < -0.4 is 14.8 Å². The van der Waals surface area contributed by atoms with Crippen LogP contribution in [0, 0.1) is 23.7 Å². The lowest BCUT2D eigenvalue weighted by molar-refractivity contribution is -0.112. The first-order chi connectivity index (χ1) is 13.0. The number of nitrogens with one attached hydrogen (secondary N) is 1. The van der Waals surface area contributed by atoms with Gasteiger partial charge >= 0.3 is 0 Å². The molecule has 136 valence electrons. The normalized spacial score (nSPS) is 10.5. The van der Waals surface area contributed by atoms with Crippen molar-refractivity contribution in [3.05, 3.63) is 57.0 Å². The van der Waals surface area contributed by atoms with Gasteiger partial charge < -0.3 is 14.8 Å². The molecule has 0 radical (unpaired) electrons. The van der Waals surface area contributed by atoms with Crippen LogP contribution in [-0.2, 0) is 4.79 Å². The summed E-state index contributed by atoms with van der Waals surface area (Å²) in [4.78, 5) is 12.4. The predicted octanol–water partition coefficient (Wildman–Crippen LogP) is 4.67. The fourth-order valence-electron chi connectivity index (χ4n) is 2.12. The van der Waals surface area contributed by atoms with Crippen LogP contribution in [0.1, 0.15) is 5.56 Å². The van der Waals surface area contributed by atoms with Crippen LogP contribution in [0.4, 0.5) is 5.69 Å². The summed E-state index contributed by atoms with van der Waals surface area (Å²) in [5.74, 6) is 2.70. The van der Waals surface area contributed by atoms with E-state index in [4.69, 9.17) is 27.5 Å². The number of nitriles is 1. The first-order valence-corrected chi connectivity index (χ1v) is 8.78. The van der Waals surface area contributed by atoms with E-state index >= 15 is 0 Å². The number of anilines is 1. The van der Waals surface area contributed by atoms with Gasteiger partial charge in [0, 0.05) is 10.7 Å². The molecule has 0 atom stereocenters. The molecule has 0 spiro atoms. The van der Waals surface area contributed by atoms with Gasteiger partial charge in [-0.2, -0.15) is 5.26 Å². The molecule has 0 saturated heterocycles. The van der Waals surface area contributed by atoms with Crippen molar-refractivity contribution in [1.29, 1.82) is 5.26 Å². The third-order valence-electron chi connectivity index (χ3n) is 3.33. The number of terminal acetylenes is 1. The van der Waals surface area contributed by atoms with Gasteiger partial charge in [0.15, 0.2) is 11.5 Å². The number of halogens is 2. The number of rotatable bonds is 6. The van der Waals surface area contributed by atoms with Crippen molar-refractivity contribution in [2.75, 3.05) is 19.0 Å². The topological polar surface area (TPSA) is 71.3 Å². The van der Waals surface area contributed by atoms with Gasteiger partial charge in [0.1, 0.15) is 18.2 Å². The highest BCUT2D eigenvalue weighted by molar-refractivity contribution is 9.10. The molecule has 0 bridgehead atoms. The van der Waals surface area contributed by atoms with Gasteiger partial charge in [-0.3, -0.25) is 4.79 Å². The molecule has 2 rings (SSSR count). The van der Waals surface area contributed by atoms with Gasteiger partial charge in [-0.05, 0) is 64.0 Å². The van der Waals surface area contributed by atoms with E-state index in [0.29, 0.717) is 32.2 Å². The van der Waals surface area contributed by atoms with Gasteiger partial charge in [-0.15, -0.1) is 6.42 Å². The Morgan fingerprint density at radius 1 is 1.37 bits per heavy atom. The van der Waals surface area contributed by atoms with Crippen molar-refractivity contribution in [3.63, 3.8) is 0 Å². The number of hydrogen-bond acceptors (Lipinski definition) is 4. The average Bonchev–Trinajstić information content (AvgIpc) is 2.66. The van der Waals surface area contributed by atoms with Crippen molar-refractivity contribution < 1.29 is 14.3 Å². The maximum atomic E-state index is 12.4. The second-order valence-electron chi connectivity index (χ2n) is 5.16. The SMILES string of the molecule is C#CCOc1c(Br)cc(/C=C(/C#N)C(=O)Nc2ccc(Cl)cc2)cc1OC. The molecule has 5 nitrogen and oxygen atoms in total. The molecule has 0 saturated carbocycles. The summed E-state index contributed by atoms with van der Waals surface area (Å²) >= 11 is 9.20. The predicted molar refractivity (Wildman–Crippen MR) is 109 cm³/mol. The van der Waals surface area contributed by atoms with E-state index in [-0.39, 0.29) is 12.2 Å². The first-order valence-electron chi connectivity index (χ1n) is 7.61. The van der Waals surface area contributed by atoms with E-state index in [1.807, 2.05) is 6.07 Å². The number of nitrogens with zero attached hydrogens (tertiary/aromatic N) is 1. The number of carbonyl (C=O) groups excluding carboxylic acids is 1. The number of carbonyl (C=O) groups is 1. The number of methoxy groups -OCH3 is 1. The Bertz CT molecular complexity index is 957. The zero-order valence-electron chi connectivity index (χ0n) is 14.3. The quantitative estimate of drug-likeness (QED) is 0.398.